The highest BCUT2D eigenvalue weighted by atomic mass is 32.2. The summed E-state index contributed by atoms with van der Waals surface area (Å²) < 4.78 is 31.8. The van der Waals surface area contributed by atoms with E-state index < -0.39 is 32.9 Å². The number of amides is 1. The second-order valence-electron chi connectivity index (χ2n) is 6.98. The van der Waals surface area contributed by atoms with Crippen LogP contribution < -0.4 is 10.0 Å². The minimum absolute atomic E-state index is 0.0446. The number of carbonyl (C=O) groups is 2. The van der Waals surface area contributed by atoms with Gasteiger partial charge in [0.15, 0.2) is 6.10 Å². The van der Waals surface area contributed by atoms with Crippen LogP contribution in [0.15, 0.2) is 53.4 Å². The zero-order valence-electron chi connectivity index (χ0n) is 17.2. The van der Waals surface area contributed by atoms with Crippen LogP contribution in [0.1, 0.15) is 26.3 Å². The predicted molar refractivity (Wildman–Crippen MR) is 113 cm³/mol. The minimum Gasteiger partial charge on any atom is -0.452 e. The number of carbonyl (C=O) groups excluding carboxylic acids is 2. The van der Waals surface area contributed by atoms with Crippen LogP contribution >= 0.6 is 0 Å². The first-order valence-corrected chi connectivity index (χ1v) is 10.8. The molecule has 11 heteroatoms. The molecule has 0 radical (unpaired) electrons. The molecule has 2 aromatic rings. The van der Waals surface area contributed by atoms with Crippen molar-refractivity contribution in [2.75, 3.05) is 5.32 Å². The maximum atomic E-state index is 12.3. The van der Waals surface area contributed by atoms with Crippen LogP contribution in [0.3, 0.4) is 0 Å². The van der Waals surface area contributed by atoms with E-state index in [0.29, 0.717) is 5.69 Å². The van der Waals surface area contributed by atoms with Crippen LogP contribution in [0, 0.1) is 10.1 Å². The van der Waals surface area contributed by atoms with E-state index in [0.717, 1.165) is 0 Å². The molecular formula is C20H23N3O7S. The molecule has 0 spiro atoms. The first-order valence-electron chi connectivity index (χ1n) is 9.34. The number of sulfonamides is 1. The molecule has 166 valence electrons. The van der Waals surface area contributed by atoms with Gasteiger partial charge in [-0.05, 0) is 45.0 Å². The molecule has 0 saturated carbocycles. The van der Waals surface area contributed by atoms with E-state index in [1.54, 1.807) is 19.9 Å². The Labute approximate surface area is 179 Å². The number of para-hydroxylation sites is 1. The van der Waals surface area contributed by atoms with Crippen LogP contribution in [0.25, 0.3) is 0 Å². The zero-order valence-corrected chi connectivity index (χ0v) is 18.0. The van der Waals surface area contributed by atoms with E-state index in [1.807, 2.05) is 0 Å². The first-order chi connectivity index (χ1) is 14.5. The number of ether oxygens (including phenoxy) is 1. The van der Waals surface area contributed by atoms with Gasteiger partial charge in [-0.3, -0.25) is 19.7 Å². The first kappa shape index (κ1) is 24.0. The molecule has 1 atom stereocenters. The summed E-state index contributed by atoms with van der Waals surface area (Å²) in [5, 5.41) is 13.5. The fourth-order valence-electron chi connectivity index (χ4n) is 2.63. The number of rotatable bonds is 9. The Bertz CT molecular complexity index is 1070. The highest BCUT2D eigenvalue weighted by molar-refractivity contribution is 7.89. The number of benzene rings is 2. The molecule has 1 amide bonds. The van der Waals surface area contributed by atoms with Crippen molar-refractivity contribution in [2.45, 2.75) is 44.2 Å². The number of hydrogen-bond acceptors (Lipinski definition) is 7. The van der Waals surface area contributed by atoms with Gasteiger partial charge in [0.25, 0.3) is 11.6 Å². The number of nitrogens with one attached hydrogen (secondary N) is 2. The van der Waals surface area contributed by atoms with Gasteiger partial charge in [-0.25, -0.2) is 13.1 Å². The van der Waals surface area contributed by atoms with E-state index in [1.165, 1.54) is 49.4 Å². The molecule has 2 N–H and O–H groups in total. The van der Waals surface area contributed by atoms with E-state index in [4.69, 9.17) is 4.74 Å². The largest absolute Gasteiger partial charge is 0.452 e. The minimum atomic E-state index is -3.66. The van der Waals surface area contributed by atoms with Gasteiger partial charge in [0.2, 0.25) is 10.0 Å². The topological polar surface area (TPSA) is 145 Å². The molecule has 0 aliphatic carbocycles. The number of nitrogens with zero attached hydrogens (tertiary/aromatic N) is 1. The van der Waals surface area contributed by atoms with Crippen molar-refractivity contribution >= 4 is 33.3 Å². The molecular weight excluding hydrogens is 426 g/mol. The fourth-order valence-corrected chi connectivity index (χ4v) is 3.88. The summed E-state index contributed by atoms with van der Waals surface area (Å²) in [5.74, 6) is -1.43. The van der Waals surface area contributed by atoms with Crippen molar-refractivity contribution in [1.29, 1.82) is 0 Å². The van der Waals surface area contributed by atoms with Crippen LogP contribution in [-0.4, -0.2) is 37.4 Å². The predicted octanol–water partition coefficient (Wildman–Crippen LogP) is 2.39. The van der Waals surface area contributed by atoms with Gasteiger partial charge in [-0.15, -0.1) is 0 Å². The van der Waals surface area contributed by atoms with E-state index in [-0.39, 0.29) is 28.6 Å². The van der Waals surface area contributed by atoms with Crippen molar-refractivity contribution in [2.24, 2.45) is 0 Å². The Hall–Kier alpha value is -3.31. The standard InChI is InChI=1S/C20H23N3O7S/c1-13(2)22-31(28,29)17-10-8-16(9-11-17)21-20(25)14(3)30-19(24)12-15-6-4-5-7-18(15)23(26)27/h4-11,13-14,22H,12H2,1-3H3,(H,21,25). The molecule has 10 nitrogen and oxygen atoms in total. The van der Waals surface area contributed by atoms with Crippen LogP contribution in [0.5, 0.6) is 0 Å². The van der Waals surface area contributed by atoms with Gasteiger partial charge in [-0.1, -0.05) is 18.2 Å². The number of hydrogen-bond donors (Lipinski definition) is 2. The van der Waals surface area contributed by atoms with Crippen LogP contribution in [-0.2, 0) is 30.8 Å². The molecule has 0 aliphatic rings. The summed E-state index contributed by atoms with van der Waals surface area (Å²) in [6.45, 7) is 4.76. The number of anilines is 1. The SMILES string of the molecule is CC(C)NS(=O)(=O)c1ccc(NC(=O)C(C)OC(=O)Cc2ccccc2[N+](=O)[O-])cc1. The van der Waals surface area contributed by atoms with Gasteiger partial charge >= 0.3 is 5.97 Å². The van der Waals surface area contributed by atoms with E-state index >= 15 is 0 Å². The summed E-state index contributed by atoms with van der Waals surface area (Å²) in [4.78, 5) is 34.8. The smallest absolute Gasteiger partial charge is 0.311 e. The molecule has 1 unspecified atom stereocenters. The Morgan fingerprint density at radius 2 is 1.68 bits per heavy atom. The summed E-state index contributed by atoms with van der Waals surface area (Å²) in [6, 6.07) is 11.0. The van der Waals surface area contributed by atoms with Crippen molar-refractivity contribution in [1.82, 2.24) is 4.72 Å². The Morgan fingerprint density at radius 3 is 2.26 bits per heavy atom. The summed E-state index contributed by atoms with van der Waals surface area (Å²) in [6.07, 6.45) is -1.52. The lowest BCUT2D eigenvalue weighted by molar-refractivity contribution is -0.385. The summed E-state index contributed by atoms with van der Waals surface area (Å²) in [7, 11) is -3.66. The molecule has 0 aliphatic heterocycles. The molecule has 0 fully saturated rings. The van der Waals surface area contributed by atoms with Gasteiger partial charge in [0, 0.05) is 23.4 Å². The number of nitro benzene ring substituents is 1. The molecule has 0 aromatic heterocycles. The molecule has 2 aromatic carbocycles. The third-order valence-corrected chi connectivity index (χ3v) is 5.70. The summed E-state index contributed by atoms with van der Waals surface area (Å²) in [5.41, 5.74) is 0.283. The van der Waals surface area contributed by atoms with Crippen LogP contribution in [0.4, 0.5) is 11.4 Å². The molecule has 0 saturated heterocycles. The van der Waals surface area contributed by atoms with Crippen molar-refractivity contribution < 1.29 is 27.7 Å². The van der Waals surface area contributed by atoms with E-state index in [2.05, 4.69) is 10.0 Å². The van der Waals surface area contributed by atoms with Crippen molar-refractivity contribution in [3.05, 3.63) is 64.2 Å². The maximum Gasteiger partial charge on any atom is 0.311 e. The fraction of sp³-hybridized carbons (Fsp3) is 0.300. The third-order valence-electron chi connectivity index (χ3n) is 4.02. The van der Waals surface area contributed by atoms with Gasteiger partial charge in [0.05, 0.1) is 16.2 Å². The van der Waals surface area contributed by atoms with Crippen molar-refractivity contribution in [3.63, 3.8) is 0 Å². The number of esters is 1. The quantitative estimate of drug-likeness (QED) is 0.340. The Kier molecular flexibility index (Phi) is 7.83. The lowest BCUT2D eigenvalue weighted by Gasteiger charge is -2.14. The lowest BCUT2D eigenvalue weighted by Crippen LogP contribution is -2.31. The second-order valence-corrected chi connectivity index (χ2v) is 8.70. The second kappa shape index (κ2) is 10.1. The van der Waals surface area contributed by atoms with Gasteiger partial charge in [-0.2, -0.15) is 0 Å². The van der Waals surface area contributed by atoms with Gasteiger partial charge < -0.3 is 10.1 Å². The lowest BCUT2D eigenvalue weighted by atomic mass is 10.1. The monoisotopic (exact) mass is 449 g/mol. The maximum absolute atomic E-state index is 12.3. The highest BCUT2D eigenvalue weighted by Gasteiger charge is 2.22. The molecule has 31 heavy (non-hydrogen) atoms. The van der Waals surface area contributed by atoms with Crippen LogP contribution in [0.2, 0.25) is 0 Å². The third kappa shape index (κ3) is 6.86. The average molecular weight is 449 g/mol. The normalized spacial score (nSPS) is 12.3. The summed E-state index contributed by atoms with van der Waals surface area (Å²) >= 11 is 0. The number of nitro groups is 1. The molecule has 2 rings (SSSR count). The van der Waals surface area contributed by atoms with E-state index in [9.17, 15) is 28.1 Å². The average Bonchev–Trinajstić information content (AvgIpc) is 2.67. The Morgan fingerprint density at radius 1 is 1.06 bits per heavy atom. The molecule has 0 heterocycles. The van der Waals surface area contributed by atoms with Gasteiger partial charge in [0.1, 0.15) is 0 Å². The molecule has 0 bridgehead atoms. The highest BCUT2D eigenvalue weighted by Crippen LogP contribution is 2.19. The van der Waals surface area contributed by atoms with Crippen molar-refractivity contribution in [3.8, 4) is 0 Å². The zero-order chi connectivity index (χ0) is 23.2. The Balaban J connectivity index is 1.97.